The van der Waals surface area contributed by atoms with Gasteiger partial charge in [0.25, 0.3) is 0 Å². The summed E-state index contributed by atoms with van der Waals surface area (Å²) in [5, 5.41) is 5.56. The van der Waals surface area contributed by atoms with Crippen LogP contribution < -0.4 is 15.5 Å². The second-order valence-electron chi connectivity index (χ2n) is 5.07. The molecule has 2 amide bonds. The van der Waals surface area contributed by atoms with E-state index >= 15 is 0 Å². The Balaban J connectivity index is 1.92. The normalized spacial score (nSPS) is 11.8. The van der Waals surface area contributed by atoms with Crippen LogP contribution in [0.25, 0.3) is 0 Å². The lowest BCUT2D eigenvalue weighted by molar-refractivity contribution is 0.247. The first-order chi connectivity index (χ1) is 9.95. The largest absolute Gasteiger partial charge is 0.464 e. The molecule has 0 fully saturated rings. The minimum atomic E-state index is -0.295. The highest BCUT2D eigenvalue weighted by molar-refractivity contribution is 5.89. The van der Waals surface area contributed by atoms with Gasteiger partial charge in [0.15, 0.2) is 0 Å². The van der Waals surface area contributed by atoms with Crippen molar-refractivity contribution in [3.05, 3.63) is 42.0 Å². The summed E-state index contributed by atoms with van der Waals surface area (Å²) in [5.41, 5.74) is 0.640. The number of urea groups is 1. The monoisotopic (exact) mass is 288 g/mol. The van der Waals surface area contributed by atoms with E-state index < -0.39 is 0 Å². The number of pyridine rings is 1. The number of nitrogens with zero attached hydrogens (tertiary/aromatic N) is 2. The SMILES string of the molecule is Cc1ccc([C@H](C)NC(=O)Nc2ccc(N(C)C)nc2)o1. The minimum Gasteiger partial charge on any atom is -0.464 e. The van der Waals surface area contributed by atoms with Crippen LogP contribution in [0.1, 0.15) is 24.5 Å². The summed E-state index contributed by atoms with van der Waals surface area (Å²) >= 11 is 0. The molecule has 2 rings (SSSR count). The molecular formula is C15H20N4O2. The number of carbonyl (C=O) groups is 1. The van der Waals surface area contributed by atoms with Crippen molar-refractivity contribution in [1.82, 2.24) is 10.3 Å². The molecule has 21 heavy (non-hydrogen) atoms. The van der Waals surface area contributed by atoms with Gasteiger partial charge >= 0.3 is 6.03 Å². The van der Waals surface area contributed by atoms with Gasteiger partial charge < -0.3 is 20.0 Å². The van der Waals surface area contributed by atoms with Crippen LogP contribution in [0.2, 0.25) is 0 Å². The molecule has 0 saturated heterocycles. The van der Waals surface area contributed by atoms with Gasteiger partial charge in [-0.3, -0.25) is 0 Å². The molecular weight excluding hydrogens is 268 g/mol. The van der Waals surface area contributed by atoms with Gasteiger partial charge in [-0.2, -0.15) is 0 Å². The first-order valence-electron chi connectivity index (χ1n) is 6.73. The third-order valence-electron chi connectivity index (χ3n) is 3.00. The second kappa shape index (κ2) is 6.30. The number of amides is 2. The molecule has 0 saturated carbocycles. The van der Waals surface area contributed by atoms with Crippen molar-refractivity contribution in [2.24, 2.45) is 0 Å². The van der Waals surface area contributed by atoms with E-state index in [2.05, 4.69) is 15.6 Å². The van der Waals surface area contributed by atoms with Gasteiger partial charge in [0.05, 0.1) is 17.9 Å². The summed E-state index contributed by atoms with van der Waals surface area (Å²) in [6, 6.07) is 6.88. The number of aryl methyl sites for hydroxylation is 1. The van der Waals surface area contributed by atoms with Crippen LogP contribution in [0.5, 0.6) is 0 Å². The van der Waals surface area contributed by atoms with Crippen LogP contribution in [-0.4, -0.2) is 25.1 Å². The topological polar surface area (TPSA) is 70.4 Å². The molecule has 0 aromatic carbocycles. The fourth-order valence-corrected chi connectivity index (χ4v) is 1.85. The van der Waals surface area contributed by atoms with E-state index in [1.165, 1.54) is 0 Å². The third-order valence-corrected chi connectivity index (χ3v) is 3.00. The third kappa shape index (κ3) is 3.98. The highest BCUT2D eigenvalue weighted by atomic mass is 16.3. The van der Waals surface area contributed by atoms with Crippen molar-refractivity contribution in [3.8, 4) is 0 Å². The molecule has 2 heterocycles. The van der Waals surface area contributed by atoms with Crippen molar-refractivity contribution < 1.29 is 9.21 Å². The van der Waals surface area contributed by atoms with Gasteiger partial charge in [-0.25, -0.2) is 9.78 Å². The van der Waals surface area contributed by atoms with E-state index in [4.69, 9.17) is 4.42 Å². The van der Waals surface area contributed by atoms with Crippen LogP contribution in [0.3, 0.4) is 0 Å². The molecule has 2 aromatic heterocycles. The van der Waals surface area contributed by atoms with Crippen molar-refractivity contribution in [3.63, 3.8) is 0 Å². The number of carbonyl (C=O) groups excluding carboxylic acids is 1. The Labute approximate surface area is 124 Å². The van der Waals surface area contributed by atoms with Gasteiger partial charge in [0, 0.05) is 14.1 Å². The molecule has 0 radical (unpaired) electrons. The maximum absolute atomic E-state index is 11.9. The second-order valence-corrected chi connectivity index (χ2v) is 5.07. The lowest BCUT2D eigenvalue weighted by Crippen LogP contribution is -2.31. The van der Waals surface area contributed by atoms with Crippen LogP contribution in [0.4, 0.5) is 16.3 Å². The number of furan rings is 1. The molecule has 6 nitrogen and oxygen atoms in total. The Morgan fingerprint density at radius 2 is 2.05 bits per heavy atom. The Morgan fingerprint density at radius 1 is 1.29 bits per heavy atom. The maximum atomic E-state index is 11.9. The number of hydrogen-bond acceptors (Lipinski definition) is 4. The minimum absolute atomic E-state index is 0.201. The molecule has 112 valence electrons. The highest BCUT2D eigenvalue weighted by Gasteiger charge is 2.12. The summed E-state index contributed by atoms with van der Waals surface area (Å²) in [4.78, 5) is 18.1. The summed E-state index contributed by atoms with van der Waals surface area (Å²) in [6.45, 7) is 3.74. The zero-order valence-electron chi connectivity index (χ0n) is 12.7. The van der Waals surface area contributed by atoms with E-state index in [1.807, 2.05) is 57.1 Å². The van der Waals surface area contributed by atoms with E-state index in [-0.39, 0.29) is 12.1 Å². The summed E-state index contributed by atoms with van der Waals surface area (Å²) in [6.07, 6.45) is 1.62. The van der Waals surface area contributed by atoms with Crippen molar-refractivity contribution in [2.75, 3.05) is 24.3 Å². The zero-order chi connectivity index (χ0) is 15.4. The number of aromatic nitrogens is 1. The molecule has 6 heteroatoms. The zero-order valence-corrected chi connectivity index (χ0v) is 12.7. The average Bonchev–Trinajstić information content (AvgIpc) is 2.86. The van der Waals surface area contributed by atoms with Gasteiger partial charge in [0.2, 0.25) is 0 Å². The predicted octanol–water partition coefficient (Wildman–Crippen LogP) is 2.93. The number of anilines is 2. The summed E-state index contributed by atoms with van der Waals surface area (Å²) in [7, 11) is 3.82. The lowest BCUT2D eigenvalue weighted by Gasteiger charge is -2.14. The maximum Gasteiger partial charge on any atom is 0.319 e. The van der Waals surface area contributed by atoms with E-state index in [0.29, 0.717) is 5.69 Å². The molecule has 2 aromatic rings. The van der Waals surface area contributed by atoms with Gasteiger partial charge in [-0.15, -0.1) is 0 Å². The molecule has 0 aliphatic carbocycles. The Morgan fingerprint density at radius 3 is 2.57 bits per heavy atom. The molecule has 0 bridgehead atoms. The number of hydrogen-bond donors (Lipinski definition) is 2. The molecule has 0 aliphatic rings. The smallest absolute Gasteiger partial charge is 0.319 e. The molecule has 2 N–H and O–H groups in total. The molecule has 0 unspecified atom stereocenters. The summed E-state index contributed by atoms with van der Waals surface area (Å²) < 4.78 is 5.48. The predicted molar refractivity (Wildman–Crippen MR) is 82.6 cm³/mol. The van der Waals surface area contributed by atoms with Crippen LogP contribution in [0.15, 0.2) is 34.9 Å². The van der Waals surface area contributed by atoms with Crippen molar-refractivity contribution >= 4 is 17.5 Å². The molecule has 0 spiro atoms. The number of rotatable bonds is 4. The molecule has 0 aliphatic heterocycles. The van der Waals surface area contributed by atoms with Gasteiger partial charge in [0.1, 0.15) is 17.3 Å². The van der Waals surface area contributed by atoms with Gasteiger partial charge in [-0.1, -0.05) is 0 Å². The number of nitrogens with one attached hydrogen (secondary N) is 2. The van der Waals surface area contributed by atoms with Crippen molar-refractivity contribution in [2.45, 2.75) is 19.9 Å². The van der Waals surface area contributed by atoms with Gasteiger partial charge in [-0.05, 0) is 38.1 Å². The Kier molecular flexibility index (Phi) is 4.47. The fraction of sp³-hybridized carbons (Fsp3) is 0.333. The van der Waals surface area contributed by atoms with Crippen LogP contribution in [-0.2, 0) is 0 Å². The van der Waals surface area contributed by atoms with E-state index in [0.717, 1.165) is 17.3 Å². The Hall–Kier alpha value is -2.50. The first kappa shape index (κ1) is 14.9. The van der Waals surface area contributed by atoms with Crippen LogP contribution >= 0.6 is 0 Å². The standard InChI is InChI=1S/C15H20N4O2/c1-10-5-7-13(21-10)11(2)17-15(20)18-12-6-8-14(16-9-12)19(3)4/h5-9,11H,1-4H3,(H2,17,18,20)/t11-/m0/s1. The summed E-state index contributed by atoms with van der Waals surface area (Å²) in [5.74, 6) is 2.38. The highest BCUT2D eigenvalue weighted by Crippen LogP contribution is 2.16. The Bertz CT molecular complexity index is 604. The van der Waals surface area contributed by atoms with Crippen LogP contribution in [0, 0.1) is 6.92 Å². The fourth-order valence-electron chi connectivity index (χ4n) is 1.85. The van der Waals surface area contributed by atoms with Crippen molar-refractivity contribution in [1.29, 1.82) is 0 Å². The quantitative estimate of drug-likeness (QED) is 0.907. The van der Waals surface area contributed by atoms with E-state index in [1.54, 1.807) is 6.20 Å². The molecule has 1 atom stereocenters. The first-order valence-corrected chi connectivity index (χ1v) is 6.73. The average molecular weight is 288 g/mol. The van der Waals surface area contributed by atoms with E-state index in [9.17, 15) is 4.79 Å². The lowest BCUT2D eigenvalue weighted by atomic mass is 10.2.